The summed E-state index contributed by atoms with van der Waals surface area (Å²) >= 11 is 0. The quantitative estimate of drug-likeness (QED) is 0.385. The molecule has 8 heteroatoms. The van der Waals surface area contributed by atoms with E-state index in [0.717, 1.165) is 17.5 Å². The monoisotopic (exact) mass is 462 g/mol. The number of benzene rings is 2. The minimum absolute atomic E-state index is 0.0160. The highest BCUT2D eigenvalue weighted by atomic mass is 19.1. The molecule has 0 bridgehead atoms. The molecule has 0 aliphatic heterocycles. The molecule has 2 aromatic heterocycles. The third-order valence-electron chi connectivity index (χ3n) is 5.58. The van der Waals surface area contributed by atoms with Crippen molar-refractivity contribution in [3.8, 4) is 28.3 Å². The highest BCUT2D eigenvalue weighted by molar-refractivity contribution is 6.12. The number of halogens is 1. The number of amides is 1. The molecule has 0 aliphatic rings. The molecule has 2 heterocycles. The Hall–Kier alpha value is -4.20. The predicted octanol–water partition coefficient (Wildman–Crippen LogP) is 5.32. The van der Waals surface area contributed by atoms with Crippen molar-refractivity contribution in [2.24, 2.45) is 0 Å². The summed E-state index contributed by atoms with van der Waals surface area (Å²) in [6.45, 7) is 2.03. The van der Waals surface area contributed by atoms with Crippen molar-refractivity contribution in [2.45, 2.75) is 19.8 Å². The molecule has 174 valence electrons. The van der Waals surface area contributed by atoms with E-state index < -0.39 is 11.8 Å². The summed E-state index contributed by atoms with van der Waals surface area (Å²) in [6.07, 6.45) is 3.08. The molecule has 2 N–H and O–H groups in total. The van der Waals surface area contributed by atoms with Crippen LogP contribution < -0.4 is 10.1 Å². The molecular formula is C26H23FN2O5. The minimum Gasteiger partial charge on any atom is -0.480 e. The first-order chi connectivity index (χ1) is 16.4. The molecule has 7 nitrogen and oxygen atoms in total. The third-order valence-corrected chi connectivity index (χ3v) is 5.58. The van der Waals surface area contributed by atoms with Gasteiger partial charge in [0.05, 0.1) is 12.7 Å². The van der Waals surface area contributed by atoms with Crippen molar-refractivity contribution in [3.05, 3.63) is 71.2 Å². The largest absolute Gasteiger partial charge is 0.480 e. The van der Waals surface area contributed by atoms with Crippen LogP contribution >= 0.6 is 0 Å². The molecule has 4 rings (SSSR count). The van der Waals surface area contributed by atoms with Gasteiger partial charge in [-0.2, -0.15) is 0 Å². The van der Waals surface area contributed by atoms with E-state index in [4.69, 9.17) is 9.15 Å². The zero-order valence-electron chi connectivity index (χ0n) is 18.9. The van der Waals surface area contributed by atoms with Crippen LogP contribution in [0, 0.1) is 5.82 Å². The Kier molecular flexibility index (Phi) is 6.32. The van der Waals surface area contributed by atoms with Gasteiger partial charge in [-0.1, -0.05) is 13.3 Å². The van der Waals surface area contributed by atoms with E-state index in [-0.39, 0.29) is 17.4 Å². The summed E-state index contributed by atoms with van der Waals surface area (Å²) in [5.41, 5.74) is 3.56. The lowest BCUT2D eigenvalue weighted by Crippen LogP contribution is -2.18. The second-order valence-corrected chi connectivity index (χ2v) is 7.73. The number of aryl methyl sites for hydroxylation is 1. The van der Waals surface area contributed by atoms with Gasteiger partial charge in [0, 0.05) is 29.8 Å². The minimum atomic E-state index is -1.16. The van der Waals surface area contributed by atoms with Crippen molar-refractivity contribution < 1.29 is 28.2 Å². The molecule has 4 aromatic rings. The van der Waals surface area contributed by atoms with E-state index in [9.17, 15) is 19.1 Å². The number of nitrogens with zero attached hydrogens (tertiary/aromatic N) is 1. The number of methoxy groups -OCH3 is 1. The molecule has 0 atom stereocenters. The topological polar surface area (TPSA) is 102 Å². The van der Waals surface area contributed by atoms with Gasteiger partial charge < -0.3 is 19.6 Å². The predicted molar refractivity (Wildman–Crippen MR) is 126 cm³/mol. The summed E-state index contributed by atoms with van der Waals surface area (Å²) in [6, 6.07) is 10.9. The fraction of sp³-hybridized carbons (Fsp3) is 0.192. The summed E-state index contributed by atoms with van der Waals surface area (Å²) in [7, 11) is 2.88. The van der Waals surface area contributed by atoms with E-state index in [0.29, 0.717) is 39.8 Å². The Labute approximate surface area is 195 Å². The van der Waals surface area contributed by atoms with Gasteiger partial charge in [0.15, 0.2) is 0 Å². The summed E-state index contributed by atoms with van der Waals surface area (Å²) in [5.74, 6) is -1.56. The van der Waals surface area contributed by atoms with E-state index in [1.807, 2.05) is 19.1 Å². The average Bonchev–Trinajstić information content (AvgIpc) is 3.21. The standard InChI is InChI=1S/C26H23FN2O5/c1-4-5-15-11-21-19(12-18(15)16-10-20(26(31)32)25(33-3)29-13-16)22(24(30)28-2)23(34-21)14-6-8-17(27)9-7-14/h6-13H,4-5H2,1-3H3,(H,28,30)(H,31,32). The molecule has 0 saturated heterocycles. The van der Waals surface area contributed by atoms with Gasteiger partial charge in [-0.05, 0) is 60.0 Å². The number of fused-ring (bicyclic) bond motifs is 1. The van der Waals surface area contributed by atoms with E-state index in [1.54, 1.807) is 18.3 Å². The molecule has 0 aliphatic carbocycles. The van der Waals surface area contributed by atoms with Crippen LogP contribution in [-0.2, 0) is 6.42 Å². The first kappa shape index (κ1) is 23.0. The van der Waals surface area contributed by atoms with E-state index >= 15 is 0 Å². The smallest absolute Gasteiger partial charge is 0.341 e. The molecule has 34 heavy (non-hydrogen) atoms. The molecule has 0 radical (unpaired) electrons. The lowest BCUT2D eigenvalue weighted by Gasteiger charge is -2.12. The Morgan fingerprint density at radius 1 is 1.15 bits per heavy atom. The van der Waals surface area contributed by atoms with Crippen LogP contribution in [0.15, 0.2) is 53.1 Å². The number of carboxylic acids is 1. The van der Waals surface area contributed by atoms with Gasteiger partial charge in [-0.25, -0.2) is 14.2 Å². The number of furan rings is 1. The number of hydrogen-bond donors (Lipinski definition) is 2. The molecule has 0 spiro atoms. The molecule has 2 aromatic carbocycles. The van der Waals surface area contributed by atoms with Crippen molar-refractivity contribution >= 4 is 22.8 Å². The maximum absolute atomic E-state index is 13.5. The SMILES string of the molecule is CCCc1cc2oc(-c3ccc(F)cc3)c(C(=O)NC)c2cc1-c1cnc(OC)c(C(=O)O)c1. The summed E-state index contributed by atoms with van der Waals surface area (Å²) < 4.78 is 24.7. The van der Waals surface area contributed by atoms with Crippen LogP contribution in [-0.4, -0.2) is 36.1 Å². The maximum Gasteiger partial charge on any atom is 0.341 e. The van der Waals surface area contributed by atoms with Gasteiger partial charge in [0.25, 0.3) is 5.91 Å². The van der Waals surface area contributed by atoms with Gasteiger partial charge in [0.1, 0.15) is 22.7 Å². The number of rotatable bonds is 7. The third kappa shape index (κ3) is 4.10. The van der Waals surface area contributed by atoms with Crippen LogP contribution in [0.3, 0.4) is 0 Å². The molecule has 0 unspecified atom stereocenters. The van der Waals surface area contributed by atoms with Gasteiger partial charge in [0.2, 0.25) is 5.88 Å². The van der Waals surface area contributed by atoms with E-state index in [2.05, 4.69) is 10.3 Å². The Balaban J connectivity index is 2.01. The number of carbonyl (C=O) groups is 2. The first-order valence-corrected chi connectivity index (χ1v) is 10.7. The molecule has 0 saturated carbocycles. The number of pyridine rings is 1. The zero-order valence-corrected chi connectivity index (χ0v) is 18.9. The van der Waals surface area contributed by atoms with Crippen LogP contribution in [0.25, 0.3) is 33.4 Å². The average molecular weight is 462 g/mol. The summed E-state index contributed by atoms with van der Waals surface area (Å²) in [5, 5.41) is 12.8. The Bertz CT molecular complexity index is 1390. The lowest BCUT2D eigenvalue weighted by atomic mass is 9.94. The Morgan fingerprint density at radius 2 is 1.88 bits per heavy atom. The number of aromatic nitrogens is 1. The fourth-order valence-electron chi connectivity index (χ4n) is 4.00. The highest BCUT2D eigenvalue weighted by Crippen LogP contribution is 2.38. The van der Waals surface area contributed by atoms with Crippen LogP contribution in [0.1, 0.15) is 39.6 Å². The zero-order chi connectivity index (χ0) is 24.4. The highest BCUT2D eigenvalue weighted by Gasteiger charge is 2.24. The van der Waals surface area contributed by atoms with E-state index in [1.165, 1.54) is 32.4 Å². The lowest BCUT2D eigenvalue weighted by molar-refractivity contribution is 0.0692. The molecule has 0 fully saturated rings. The second kappa shape index (κ2) is 9.35. The van der Waals surface area contributed by atoms with Crippen molar-refractivity contribution in [1.82, 2.24) is 10.3 Å². The van der Waals surface area contributed by atoms with Crippen LogP contribution in [0.5, 0.6) is 5.88 Å². The van der Waals surface area contributed by atoms with Crippen molar-refractivity contribution in [2.75, 3.05) is 14.2 Å². The first-order valence-electron chi connectivity index (χ1n) is 10.7. The number of hydrogen-bond acceptors (Lipinski definition) is 5. The molecule has 1 amide bonds. The number of carboxylic acid groups (broad SMARTS) is 1. The Morgan fingerprint density at radius 3 is 2.50 bits per heavy atom. The maximum atomic E-state index is 13.5. The van der Waals surface area contributed by atoms with Gasteiger partial charge in [-0.15, -0.1) is 0 Å². The second-order valence-electron chi connectivity index (χ2n) is 7.73. The summed E-state index contributed by atoms with van der Waals surface area (Å²) in [4.78, 5) is 28.8. The van der Waals surface area contributed by atoms with Crippen LogP contribution in [0.4, 0.5) is 4.39 Å². The normalized spacial score (nSPS) is 10.9. The van der Waals surface area contributed by atoms with Crippen molar-refractivity contribution in [3.63, 3.8) is 0 Å². The number of nitrogens with one attached hydrogen (secondary N) is 1. The fourth-order valence-corrected chi connectivity index (χ4v) is 4.00. The number of ether oxygens (including phenoxy) is 1. The number of carbonyl (C=O) groups excluding carboxylic acids is 1. The molecular weight excluding hydrogens is 439 g/mol. The van der Waals surface area contributed by atoms with Gasteiger partial charge >= 0.3 is 5.97 Å². The number of aromatic carboxylic acids is 1. The van der Waals surface area contributed by atoms with Gasteiger partial charge in [-0.3, -0.25) is 4.79 Å². The van der Waals surface area contributed by atoms with Crippen LogP contribution in [0.2, 0.25) is 0 Å². The van der Waals surface area contributed by atoms with Crippen molar-refractivity contribution in [1.29, 1.82) is 0 Å².